The van der Waals surface area contributed by atoms with E-state index in [2.05, 4.69) is 0 Å². The summed E-state index contributed by atoms with van der Waals surface area (Å²) in [6, 6.07) is 11.9. The van der Waals surface area contributed by atoms with Gasteiger partial charge in [0.1, 0.15) is 6.10 Å². The van der Waals surface area contributed by atoms with Gasteiger partial charge < -0.3 is 14.9 Å². The summed E-state index contributed by atoms with van der Waals surface area (Å²) >= 11 is 0. The number of carbonyl (C=O) groups excluding carboxylic acids is 1. The largest absolute Gasteiger partial charge is 0.449 e. The van der Waals surface area contributed by atoms with E-state index in [0.29, 0.717) is 28.2 Å². The maximum absolute atomic E-state index is 12.3. The van der Waals surface area contributed by atoms with Crippen molar-refractivity contribution < 1.29 is 19.7 Å². The number of rotatable bonds is 4. The Morgan fingerprint density at radius 2 is 1.89 bits per heavy atom. The summed E-state index contributed by atoms with van der Waals surface area (Å²) < 4.78 is 5.14. The highest BCUT2D eigenvalue weighted by Crippen LogP contribution is 2.49. The average Bonchev–Trinajstić information content (AvgIpc) is 3.25. The zero-order chi connectivity index (χ0) is 13.4. The number of benzene rings is 2. The lowest BCUT2D eigenvalue weighted by Crippen LogP contribution is -2.14. The van der Waals surface area contributed by atoms with Crippen LogP contribution in [0.3, 0.4) is 0 Å². The summed E-state index contributed by atoms with van der Waals surface area (Å²) in [6.07, 6.45) is -1.23. The maximum Gasteiger partial charge on any atom is 0.196 e. The van der Waals surface area contributed by atoms with Crippen molar-refractivity contribution in [1.29, 1.82) is 0 Å². The Hall–Kier alpha value is -2.17. The van der Waals surface area contributed by atoms with Crippen molar-refractivity contribution in [2.45, 2.75) is 12.7 Å². The number of hydrogen-bond donors (Lipinski definition) is 2. The van der Waals surface area contributed by atoms with Gasteiger partial charge in [0, 0.05) is 11.1 Å². The standard InChI is InChI=1S/C15H12O4/c16-8-11-10(6-7-12-15(11)19-12)14(18)13(17)9-4-2-1-3-5-9/h1-7,13,16-17H,8H2. The highest BCUT2D eigenvalue weighted by Gasteiger charge is 2.31. The van der Waals surface area contributed by atoms with Crippen LogP contribution in [0.4, 0.5) is 0 Å². The van der Waals surface area contributed by atoms with Gasteiger partial charge in [-0.05, 0) is 17.7 Å². The maximum atomic E-state index is 12.3. The molecular weight excluding hydrogens is 244 g/mol. The molecule has 96 valence electrons. The smallest absolute Gasteiger partial charge is 0.196 e. The summed E-state index contributed by atoms with van der Waals surface area (Å²) in [5.74, 6) is 0.789. The number of aliphatic hydroxyl groups is 2. The molecule has 1 heterocycles. The molecule has 0 bridgehead atoms. The van der Waals surface area contributed by atoms with Gasteiger partial charge in [-0.3, -0.25) is 4.79 Å². The lowest BCUT2D eigenvalue weighted by atomic mass is 9.96. The van der Waals surface area contributed by atoms with E-state index < -0.39 is 11.9 Å². The van der Waals surface area contributed by atoms with Crippen molar-refractivity contribution in [3.63, 3.8) is 0 Å². The van der Waals surface area contributed by atoms with Gasteiger partial charge in [-0.15, -0.1) is 0 Å². The lowest BCUT2D eigenvalue weighted by Gasteiger charge is -2.11. The van der Waals surface area contributed by atoms with E-state index >= 15 is 0 Å². The Morgan fingerprint density at radius 3 is 2.58 bits per heavy atom. The van der Waals surface area contributed by atoms with Crippen LogP contribution in [0.1, 0.15) is 27.6 Å². The Labute approximate surface area is 109 Å². The van der Waals surface area contributed by atoms with Crippen molar-refractivity contribution in [2.24, 2.45) is 0 Å². The monoisotopic (exact) mass is 256 g/mol. The van der Waals surface area contributed by atoms with Crippen molar-refractivity contribution >= 4 is 5.78 Å². The molecule has 0 aromatic heterocycles. The van der Waals surface area contributed by atoms with E-state index in [0.717, 1.165) is 0 Å². The van der Waals surface area contributed by atoms with Crippen molar-refractivity contribution in [3.8, 4) is 11.5 Å². The number of carbonyl (C=O) groups is 1. The van der Waals surface area contributed by atoms with E-state index in [-0.39, 0.29) is 6.61 Å². The molecule has 2 aromatic rings. The molecule has 4 nitrogen and oxygen atoms in total. The Morgan fingerprint density at radius 1 is 1.16 bits per heavy atom. The second-order valence-electron chi connectivity index (χ2n) is 4.36. The predicted molar refractivity (Wildman–Crippen MR) is 68.2 cm³/mol. The number of Topliss-reactive ketones (excluding diaryl/α,β-unsaturated/α-hetero) is 1. The molecule has 1 unspecified atom stereocenters. The molecule has 0 aliphatic carbocycles. The fraction of sp³-hybridized carbons (Fsp3) is 0.133. The Bertz CT molecular complexity index is 634. The molecule has 3 rings (SSSR count). The van der Waals surface area contributed by atoms with Crippen LogP contribution in [0.15, 0.2) is 42.5 Å². The molecule has 1 aliphatic rings. The minimum absolute atomic E-state index is 0.286. The van der Waals surface area contributed by atoms with E-state index in [9.17, 15) is 15.0 Å². The third-order valence-electron chi connectivity index (χ3n) is 3.18. The minimum atomic E-state index is -1.23. The first-order valence-corrected chi connectivity index (χ1v) is 5.94. The van der Waals surface area contributed by atoms with Gasteiger partial charge >= 0.3 is 0 Å². The molecule has 2 N–H and O–H groups in total. The number of hydrogen-bond acceptors (Lipinski definition) is 4. The van der Waals surface area contributed by atoms with Crippen LogP contribution in [0, 0.1) is 0 Å². The van der Waals surface area contributed by atoms with Gasteiger partial charge in [-0.1, -0.05) is 30.3 Å². The van der Waals surface area contributed by atoms with Crippen molar-refractivity contribution in [2.75, 3.05) is 0 Å². The topological polar surface area (TPSA) is 70.1 Å². The third-order valence-corrected chi connectivity index (χ3v) is 3.18. The van der Waals surface area contributed by atoms with Crippen LogP contribution in [-0.4, -0.2) is 16.0 Å². The van der Waals surface area contributed by atoms with Gasteiger partial charge in [-0.25, -0.2) is 0 Å². The molecule has 0 saturated carbocycles. The number of ketones is 1. The summed E-state index contributed by atoms with van der Waals surface area (Å²) in [4.78, 5) is 12.3. The molecule has 0 radical (unpaired) electrons. The molecule has 0 fully saturated rings. The molecule has 0 saturated heterocycles. The lowest BCUT2D eigenvalue weighted by molar-refractivity contribution is 0.0744. The Kier molecular flexibility index (Phi) is 2.81. The van der Waals surface area contributed by atoms with Crippen LogP contribution in [-0.2, 0) is 6.61 Å². The van der Waals surface area contributed by atoms with Crippen LogP contribution in [0.2, 0.25) is 0 Å². The van der Waals surface area contributed by atoms with Crippen LogP contribution >= 0.6 is 0 Å². The average molecular weight is 256 g/mol. The summed E-state index contributed by atoms with van der Waals surface area (Å²) in [5.41, 5.74) is 1.27. The predicted octanol–water partition coefficient (Wildman–Crippen LogP) is 2.20. The van der Waals surface area contributed by atoms with Crippen LogP contribution < -0.4 is 4.74 Å². The van der Waals surface area contributed by atoms with E-state index in [1.54, 1.807) is 36.4 Å². The van der Waals surface area contributed by atoms with Gasteiger partial charge in [-0.2, -0.15) is 0 Å². The summed E-state index contributed by atoms with van der Waals surface area (Å²) in [5, 5.41) is 19.4. The van der Waals surface area contributed by atoms with Gasteiger partial charge in [0.2, 0.25) is 0 Å². The Balaban J connectivity index is 1.95. The van der Waals surface area contributed by atoms with E-state index in [1.165, 1.54) is 0 Å². The SMILES string of the molecule is O=C(c1ccc2c(c1CO)O2)C(O)c1ccccc1. The first kappa shape index (κ1) is 11.9. The second-order valence-corrected chi connectivity index (χ2v) is 4.36. The molecule has 1 aliphatic heterocycles. The normalized spacial score (nSPS) is 13.4. The molecule has 2 aromatic carbocycles. The zero-order valence-electron chi connectivity index (χ0n) is 10.0. The number of fused-ring (bicyclic) bond motifs is 1. The second kappa shape index (κ2) is 4.50. The molecule has 4 heteroatoms. The van der Waals surface area contributed by atoms with Gasteiger partial charge in [0.05, 0.1) is 6.61 Å². The molecular formula is C15H12O4. The molecule has 0 spiro atoms. The first-order chi connectivity index (χ1) is 9.22. The fourth-order valence-electron chi connectivity index (χ4n) is 2.11. The third kappa shape index (κ3) is 2.01. The first-order valence-electron chi connectivity index (χ1n) is 5.94. The van der Waals surface area contributed by atoms with Crippen molar-refractivity contribution in [1.82, 2.24) is 0 Å². The zero-order valence-corrected chi connectivity index (χ0v) is 10.0. The molecule has 0 amide bonds. The summed E-state index contributed by atoms with van der Waals surface area (Å²) in [7, 11) is 0. The molecule has 1 atom stereocenters. The van der Waals surface area contributed by atoms with Crippen LogP contribution in [0.25, 0.3) is 0 Å². The van der Waals surface area contributed by atoms with E-state index in [4.69, 9.17) is 4.74 Å². The highest BCUT2D eigenvalue weighted by atomic mass is 16.6. The van der Waals surface area contributed by atoms with Gasteiger partial charge in [0.25, 0.3) is 0 Å². The minimum Gasteiger partial charge on any atom is -0.449 e. The molecule has 19 heavy (non-hydrogen) atoms. The van der Waals surface area contributed by atoms with E-state index in [1.807, 2.05) is 6.07 Å². The van der Waals surface area contributed by atoms with Crippen molar-refractivity contribution in [3.05, 3.63) is 59.2 Å². The highest BCUT2D eigenvalue weighted by molar-refractivity contribution is 6.02. The van der Waals surface area contributed by atoms with Crippen LogP contribution in [0.5, 0.6) is 11.5 Å². The number of ether oxygens (including phenoxy) is 1. The quantitative estimate of drug-likeness (QED) is 0.554. The van der Waals surface area contributed by atoms with Gasteiger partial charge in [0.15, 0.2) is 17.3 Å². The summed E-state index contributed by atoms with van der Waals surface area (Å²) in [6.45, 7) is -0.286. The number of aliphatic hydroxyl groups excluding tert-OH is 2. The fourth-order valence-corrected chi connectivity index (χ4v) is 2.11.